The van der Waals surface area contributed by atoms with Crippen molar-refractivity contribution in [3.63, 3.8) is 0 Å². The molecule has 0 saturated heterocycles. The third-order valence-electron chi connectivity index (χ3n) is 2.62. The average Bonchev–Trinajstić information content (AvgIpc) is 2.37. The minimum absolute atomic E-state index is 0.173. The zero-order chi connectivity index (χ0) is 13.8. The molecule has 2 aromatic rings. The van der Waals surface area contributed by atoms with Gasteiger partial charge in [-0.15, -0.1) is 0 Å². The lowest BCUT2D eigenvalue weighted by molar-refractivity contribution is 0.524. The number of hydrogen-bond acceptors (Lipinski definition) is 3. The van der Waals surface area contributed by atoms with Gasteiger partial charge in [0.2, 0.25) is 0 Å². The second-order valence-corrected chi connectivity index (χ2v) is 3.97. The fourth-order valence-electron chi connectivity index (χ4n) is 1.69. The first-order valence-electron chi connectivity index (χ1n) is 5.85. The van der Waals surface area contributed by atoms with Crippen molar-refractivity contribution < 1.29 is 8.78 Å². The van der Waals surface area contributed by atoms with Crippen molar-refractivity contribution in [2.75, 3.05) is 11.9 Å². The first-order valence-corrected chi connectivity index (χ1v) is 5.85. The van der Waals surface area contributed by atoms with Crippen LogP contribution in [0, 0.1) is 11.6 Å². The van der Waals surface area contributed by atoms with Crippen LogP contribution in [0.4, 0.5) is 14.5 Å². The summed E-state index contributed by atoms with van der Waals surface area (Å²) in [7, 11) is 0. The lowest BCUT2D eigenvalue weighted by Gasteiger charge is -2.08. The summed E-state index contributed by atoms with van der Waals surface area (Å²) in [5.74, 6) is -1.38. The van der Waals surface area contributed by atoms with Gasteiger partial charge in [-0.05, 0) is 19.1 Å². The van der Waals surface area contributed by atoms with Crippen LogP contribution in [0.2, 0.25) is 0 Å². The molecule has 0 fully saturated rings. The molecule has 19 heavy (non-hydrogen) atoms. The zero-order valence-electron chi connectivity index (χ0n) is 10.4. The fourth-order valence-corrected chi connectivity index (χ4v) is 1.69. The number of nitrogens with one attached hydrogen (secondary N) is 1. The van der Waals surface area contributed by atoms with Gasteiger partial charge in [-0.25, -0.2) is 13.5 Å². The van der Waals surface area contributed by atoms with Gasteiger partial charge in [0.15, 0.2) is 0 Å². The molecule has 1 aromatic carbocycles. The molecule has 0 unspecified atom stereocenters. The van der Waals surface area contributed by atoms with Gasteiger partial charge in [0.05, 0.1) is 18.4 Å². The molecule has 1 heterocycles. The van der Waals surface area contributed by atoms with Gasteiger partial charge in [-0.2, -0.15) is 5.10 Å². The quantitative estimate of drug-likeness (QED) is 0.919. The molecular weight excluding hydrogens is 252 g/mol. The molecular formula is C13H13F2N3O. The summed E-state index contributed by atoms with van der Waals surface area (Å²) in [4.78, 5) is 11.8. The second-order valence-electron chi connectivity index (χ2n) is 3.97. The maximum absolute atomic E-state index is 13.5. The molecule has 0 aliphatic carbocycles. The Morgan fingerprint density at radius 2 is 2.00 bits per heavy atom. The minimum atomic E-state index is -0.690. The van der Waals surface area contributed by atoms with Gasteiger partial charge in [0, 0.05) is 18.2 Å². The van der Waals surface area contributed by atoms with Gasteiger partial charge < -0.3 is 5.32 Å². The normalized spacial score (nSPS) is 10.5. The standard InChI is InChI=1S/C13H13F2N3O/c1-2-16-9-6-13(19)18(17-7-9)8-10-11(14)4-3-5-12(10)15/h3-7,16H,2,8H2,1H3. The Kier molecular flexibility index (Phi) is 3.89. The Labute approximate surface area is 108 Å². The van der Waals surface area contributed by atoms with Crippen LogP contribution in [0.25, 0.3) is 0 Å². The van der Waals surface area contributed by atoms with Gasteiger partial charge in [-0.3, -0.25) is 4.79 Å². The number of rotatable bonds is 4. The van der Waals surface area contributed by atoms with Crippen LogP contribution in [0.1, 0.15) is 12.5 Å². The third kappa shape index (κ3) is 2.96. The van der Waals surface area contributed by atoms with Crippen molar-refractivity contribution >= 4 is 5.69 Å². The summed E-state index contributed by atoms with van der Waals surface area (Å²) in [6.45, 7) is 2.32. The van der Waals surface area contributed by atoms with E-state index >= 15 is 0 Å². The lowest BCUT2D eigenvalue weighted by Crippen LogP contribution is -2.24. The summed E-state index contributed by atoms with van der Waals surface area (Å²) < 4.78 is 28.0. The summed E-state index contributed by atoms with van der Waals surface area (Å²) in [6, 6.07) is 4.92. The Morgan fingerprint density at radius 1 is 1.32 bits per heavy atom. The summed E-state index contributed by atoms with van der Waals surface area (Å²) in [6.07, 6.45) is 1.45. The van der Waals surface area contributed by atoms with E-state index in [0.717, 1.165) is 16.8 Å². The van der Waals surface area contributed by atoms with E-state index in [4.69, 9.17) is 0 Å². The van der Waals surface area contributed by atoms with Gasteiger partial charge in [-0.1, -0.05) is 6.07 Å². The van der Waals surface area contributed by atoms with Crippen molar-refractivity contribution in [3.8, 4) is 0 Å². The molecule has 0 amide bonds. The van der Waals surface area contributed by atoms with Crippen LogP contribution in [-0.4, -0.2) is 16.3 Å². The van der Waals surface area contributed by atoms with Crippen molar-refractivity contribution in [1.82, 2.24) is 9.78 Å². The first kappa shape index (κ1) is 13.2. The maximum atomic E-state index is 13.5. The summed E-state index contributed by atoms with van der Waals surface area (Å²) in [5.41, 5.74) is -0.00726. The van der Waals surface area contributed by atoms with Gasteiger partial charge in [0.25, 0.3) is 5.56 Å². The molecule has 0 saturated carbocycles. The van der Waals surface area contributed by atoms with E-state index in [0.29, 0.717) is 12.2 Å². The van der Waals surface area contributed by atoms with E-state index in [9.17, 15) is 13.6 Å². The number of anilines is 1. The molecule has 0 spiro atoms. The summed E-state index contributed by atoms with van der Waals surface area (Å²) in [5, 5.41) is 6.82. The maximum Gasteiger partial charge on any atom is 0.269 e. The molecule has 4 nitrogen and oxygen atoms in total. The smallest absolute Gasteiger partial charge is 0.269 e. The highest BCUT2D eigenvalue weighted by Gasteiger charge is 2.10. The Bertz CT molecular complexity index is 620. The van der Waals surface area contributed by atoms with E-state index in [1.165, 1.54) is 18.3 Å². The molecule has 2 rings (SSSR count). The topological polar surface area (TPSA) is 46.9 Å². The number of benzene rings is 1. The van der Waals surface area contributed by atoms with Crippen molar-refractivity contribution in [2.24, 2.45) is 0 Å². The highest BCUT2D eigenvalue weighted by molar-refractivity contribution is 5.38. The van der Waals surface area contributed by atoms with Crippen LogP contribution < -0.4 is 10.9 Å². The molecule has 0 bridgehead atoms. The number of halogens is 2. The van der Waals surface area contributed by atoms with Crippen molar-refractivity contribution in [1.29, 1.82) is 0 Å². The van der Waals surface area contributed by atoms with Crippen LogP contribution >= 0.6 is 0 Å². The van der Waals surface area contributed by atoms with E-state index in [1.807, 2.05) is 6.92 Å². The van der Waals surface area contributed by atoms with Gasteiger partial charge >= 0.3 is 0 Å². The van der Waals surface area contributed by atoms with E-state index < -0.39 is 17.2 Å². The van der Waals surface area contributed by atoms with Crippen molar-refractivity contribution in [3.05, 3.63) is 58.0 Å². The minimum Gasteiger partial charge on any atom is -0.384 e. The molecule has 0 aliphatic heterocycles. The molecule has 0 aliphatic rings. The van der Waals surface area contributed by atoms with E-state index in [1.54, 1.807) is 0 Å². The molecule has 0 radical (unpaired) electrons. The Balaban J connectivity index is 2.31. The second kappa shape index (κ2) is 5.60. The van der Waals surface area contributed by atoms with Crippen LogP contribution in [0.3, 0.4) is 0 Å². The average molecular weight is 265 g/mol. The number of hydrogen-bond donors (Lipinski definition) is 1. The third-order valence-corrected chi connectivity index (χ3v) is 2.62. The Morgan fingerprint density at radius 3 is 2.58 bits per heavy atom. The molecule has 6 heteroatoms. The molecule has 100 valence electrons. The highest BCUT2D eigenvalue weighted by atomic mass is 19.1. The number of nitrogens with zero attached hydrogens (tertiary/aromatic N) is 2. The molecule has 0 atom stereocenters. The van der Waals surface area contributed by atoms with Gasteiger partial charge in [0.1, 0.15) is 11.6 Å². The van der Waals surface area contributed by atoms with Crippen LogP contribution in [0.15, 0.2) is 35.3 Å². The predicted octanol–water partition coefficient (Wildman–Crippen LogP) is 2.00. The van der Waals surface area contributed by atoms with Crippen LogP contribution in [0.5, 0.6) is 0 Å². The summed E-state index contributed by atoms with van der Waals surface area (Å²) >= 11 is 0. The van der Waals surface area contributed by atoms with E-state index in [-0.39, 0.29) is 12.1 Å². The number of aromatic nitrogens is 2. The molecule has 1 N–H and O–H groups in total. The van der Waals surface area contributed by atoms with Crippen molar-refractivity contribution in [2.45, 2.75) is 13.5 Å². The largest absolute Gasteiger partial charge is 0.384 e. The highest BCUT2D eigenvalue weighted by Crippen LogP contribution is 2.12. The monoisotopic (exact) mass is 265 g/mol. The fraction of sp³-hybridized carbons (Fsp3) is 0.231. The lowest BCUT2D eigenvalue weighted by atomic mass is 10.2. The Hall–Kier alpha value is -2.24. The SMILES string of the molecule is CCNc1cnn(Cc2c(F)cccc2F)c(=O)c1. The van der Waals surface area contributed by atoms with E-state index in [2.05, 4.69) is 10.4 Å². The van der Waals surface area contributed by atoms with Crippen LogP contribution in [-0.2, 0) is 6.54 Å². The molecule has 1 aromatic heterocycles. The zero-order valence-corrected chi connectivity index (χ0v) is 10.4. The first-order chi connectivity index (χ1) is 9.11. The predicted molar refractivity (Wildman–Crippen MR) is 68.1 cm³/mol.